The van der Waals surface area contributed by atoms with Crippen molar-refractivity contribution in [3.63, 3.8) is 0 Å². The molecule has 2 nitrogen and oxygen atoms in total. The summed E-state index contributed by atoms with van der Waals surface area (Å²) >= 11 is 0. The third-order valence-electron chi connectivity index (χ3n) is 3.11. The first-order valence-electron chi connectivity index (χ1n) is 5.96. The minimum absolute atomic E-state index is 0.359. The van der Waals surface area contributed by atoms with E-state index < -0.39 is 0 Å². The highest BCUT2D eigenvalue weighted by molar-refractivity contribution is 5.14. The summed E-state index contributed by atoms with van der Waals surface area (Å²) in [5, 5.41) is 3.52. The topological polar surface area (TPSA) is 21.3 Å². The molecule has 0 aromatic carbocycles. The van der Waals surface area contributed by atoms with Crippen molar-refractivity contribution in [2.45, 2.75) is 46.1 Å². The van der Waals surface area contributed by atoms with Crippen molar-refractivity contribution in [3.05, 3.63) is 11.6 Å². The lowest BCUT2D eigenvalue weighted by Crippen LogP contribution is -2.33. The van der Waals surface area contributed by atoms with E-state index in [0.29, 0.717) is 11.5 Å². The van der Waals surface area contributed by atoms with E-state index in [4.69, 9.17) is 4.74 Å². The molecule has 1 N–H and O–H groups in total. The Hall–Kier alpha value is -0.340. The number of ether oxygens (including phenoxy) is 1. The average Bonchev–Trinajstić information content (AvgIpc) is 2.18. The van der Waals surface area contributed by atoms with Crippen LogP contribution in [-0.2, 0) is 4.74 Å². The zero-order valence-electron chi connectivity index (χ0n) is 10.6. The van der Waals surface area contributed by atoms with Gasteiger partial charge in [-0.1, -0.05) is 32.4 Å². The molecule has 0 aromatic heterocycles. The van der Waals surface area contributed by atoms with Gasteiger partial charge in [0.2, 0.25) is 0 Å². The number of methoxy groups -OCH3 is 1. The van der Waals surface area contributed by atoms with Crippen LogP contribution in [0.2, 0.25) is 0 Å². The summed E-state index contributed by atoms with van der Waals surface area (Å²) in [5.74, 6) is 0. The molecule has 0 bridgehead atoms. The van der Waals surface area contributed by atoms with Crippen molar-refractivity contribution in [2.24, 2.45) is 5.41 Å². The van der Waals surface area contributed by atoms with Crippen LogP contribution in [0.1, 0.15) is 40.0 Å². The molecule has 15 heavy (non-hydrogen) atoms. The van der Waals surface area contributed by atoms with Gasteiger partial charge >= 0.3 is 0 Å². The van der Waals surface area contributed by atoms with Crippen LogP contribution in [0, 0.1) is 5.41 Å². The third kappa shape index (κ3) is 4.35. The monoisotopic (exact) mass is 211 g/mol. The van der Waals surface area contributed by atoms with Gasteiger partial charge in [-0.3, -0.25) is 0 Å². The van der Waals surface area contributed by atoms with Gasteiger partial charge in [0, 0.05) is 19.7 Å². The summed E-state index contributed by atoms with van der Waals surface area (Å²) < 4.78 is 5.03. The lowest BCUT2D eigenvalue weighted by molar-refractivity contribution is 0.194. The summed E-state index contributed by atoms with van der Waals surface area (Å²) in [6, 6.07) is 0.659. The number of allylic oxidation sites excluding steroid dienone is 1. The van der Waals surface area contributed by atoms with Crippen molar-refractivity contribution >= 4 is 0 Å². The van der Waals surface area contributed by atoms with Crippen molar-refractivity contribution in [3.8, 4) is 0 Å². The first kappa shape index (κ1) is 12.7. The molecule has 1 aliphatic carbocycles. The predicted octanol–water partition coefficient (Wildman–Crippen LogP) is 2.75. The smallest absolute Gasteiger partial charge is 0.0587 e. The van der Waals surface area contributed by atoms with Crippen molar-refractivity contribution in [2.75, 3.05) is 20.3 Å². The standard InChI is InChI=1S/C13H25NO/c1-13(2,3)11-5-7-12(8-6-11)14-9-10-15-4/h5,12,14H,6-10H2,1-4H3/t12-/m0/s1. The largest absolute Gasteiger partial charge is 0.383 e. The van der Waals surface area contributed by atoms with Gasteiger partial charge in [0.05, 0.1) is 6.61 Å². The molecular formula is C13H25NO. The Balaban J connectivity index is 2.31. The Bertz CT molecular complexity index is 215. The van der Waals surface area contributed by atoms with Gasteiger partial charge in [-0.05, 0) is 24.7 Å². The molecule has 0 saturated heterocycles. The number of nitrogens with one attached hydrogen (secondary N) is 1. The second-order valence-electron chi connectivity index (χ2n) is 5.40. The van der Waals surface area contributed by atoms with E-state index in [9.17, 15) is 0 Å². The molecular weight excluding hydrogens is 186 g/mol. The highest BCUT2D eigenvalue weighted by atomic mass is 16.5. The Morgan fingerprint density at radius 2 is 2.20 bits per heavy atom. The zero-order valence-corrected chi connectivity index (χ0v) is 10.6. The van der Waals surface area contributed by atoms with Crippen LogP contribution >= 0.6 is 0 Å². The summed E-state index contributed by atoms with van der Waals surface area (Å²) in [4.78, 5) is 0. The van der Waals surface area contributed by atoms with E-state index in [1.165, 1.54) is 19.3 Å². The molecule has 1 aliphatic rings. The second kappa shape index (κ2) is 5.66. The van der Waals surface area contributed by atoms with Gasteiger partial charge in [-0.2, -0.15) is 0 Å². The fourth-order valence-corrected chi connectivity index (χ4v) is 2.07. The zero-order chi connectivity index (χ0) is 11.3. The van der Waals surface area contributed by atoms with Crippen LogP contribution < -0.4 is 5.32 Å². The molecule has 0 heterocycles. The van der Waals surface area contributed by atoms with E-state index in [2.05, 4.69) is 32.2 Å². The molecule has 0 aromatic rings. The summed E-state index contributed by atoms with van der Waals surface area (Å²) in [7, 11) is 1.75. The van der Waals surface area contributed by atoms with Gasteiger partial charge in [-0.15, -0.1) is 0 Å². The highest BCUT2D eigenvalue weighted by Gasteiger charge is 2.21. The maximum absolute atomic E-state index is 5.03. The van der Waals surface area contributed by atoms with Crippen LogP contribution in [-0.4, -0.2) is 26.3 Å². The van der Waals surface area contributed by atoms with Crippen LogP contribution in [0.15, 0.2) is 11.6 Å². The van der Waals surface area contributed by atoms with Crippen molar-refractivity contribution in [1.82, 2.24) is 5.32 Å². The van der Waals surface area contributed by atoms with E-state index >= 15 is 0 Å². The van der Waals surface area contributed by atoms with Gasteiger partial charge < -0.3 is 10.1 Å². The maximum atomic E-state index is 5.03. The molecule has 0 saturated carbocycles. The van der Waals surface area contributed by atoms with E-state index in [-0.39, 0.29) is 0 Å². The van der Waals surface area contributed by atoms with Gasteiger partial charge in [0.1, 0.15) is 0 Å². The van der Waals surface area contributed by atoms with Gasteiger partial charge in [-0.25, -0.2) is 0 Å². The van der Waals surface area contributed by atoms with Gasteiger partial charge in [0.25, 0.3) is 0 Å². The SMILES string of the molecule is COCCN[C@H]1CC=C(C(C)(C)C)CC1. The van der Waals surface area contributed by atoms with Crippen LogP contribution in [0.5, 0.6) is 0 Å². The number of hydrogen-bond donors (Lipinski definition) is 1. The van der Waals surface area contributed by atoms with Crippen LogP contribution in [0.3, 0.4) is 0 Å². The molecule has 1 rings (SSSR count). The Kier molecular flexibility index (Phi) is 4.81. The Morgan fingerprint density at radius 1 is 1.47 bits per heavy atom. The van der Waals surface area contributed by atoms with E-state index in [0.717, 1.165) is 13.2 Å². The fraction of sp³-hybridized carbons (Fsp3) is 0.846. The first-order chi connectivity index (χ1) is 7.04. The molecule has 0 spiro atoms. The normalized spacial score (nSPS) is 22.7. The van der Waals surface area contributed by atoms with E-state index in [1.54, 1.807) is 12.7 Å². The third-order valence-corrected chi connectivity index (χ3v) is 3.11. The number of hydrogen-bond acceptors (Lipinski definition) is 2. The molecule has 0 unspecified atom stereocenters. The average molecular weight is 211 g/mol. The molecule has 0 amide bonds. The lowest BCUT2D eigenvalue weighted by Gasteiger charge is -2.30. The molecule has 0 aliphatic heterocycles. The Morgan fingerprint density at radius 3 is 2.67 bits per heavy atom. The summed E-state index contributed by atoms with van der Waals surface area (Å²) in [6.07, 6.45) is 6.12. The first-order valence-corrected chi connectivity index (χ1v) is 5.96. The maximum Gasteiger partial charge on any atom is 0.0587 e. The second-order valence-corrected chi connectivity index (χ2v) is 5.40. The quantitative estimate of drug-likeness (QED) is 0.570. The minimum Gasteiger partial charge on any atom is -0.383 e. The summed E-state index contributed by atoms with van der Waals surface area (Å²) in [6.45, 7) is 8.69. The summed E-state index contributed by atoms with van der Waals surface area (Å²) in [5.41, 5.74) is 1.98. The Labute approximate surface area is 94.1 Å². The minimum atomic E-state index is 0.359. The van der Waals surface area contributed by atoms with Crippen molar-refractivity contribution < 1.29 is 4.74 Å². The highest BCUT2D eigenvalue weighted by Crippen LogP contribution is 2.32. The fourth-order valence-electron chi connectivity index (χ4n) is 2.07. The molecule has 0 radical (unpaired) electrons. The predicted molar refractivity (Wildman–Crippen MR) is 65.1 cm³/mol. The molecule has 2 heteroatoms. The van der Waals surface area contributed by atoms with Crippen molar-refractivity contribution in [1.29, 1.82) is 0 Å². The number of rotatable bonds is 4. The lowest BCUT2D eigenvalue weighted by atomic mass is 9.79. The van der Waals surface area contributed by atoms with Crippen LogP contribution in [0.25, 0.3) is 0 Å². The molecule has 0 fully saturated rings. The van der Waals surface area contributed by atoms with Gasteiger partial charge in [0.15, 0.2) is 0 Å². The van der Waals surface area contributed by atoms with Crippen LogP contribution in [0.4, 0.5) is 0 Å². The molecule has 88 valence electrons. The molecule has 1 atom stereocenters. The van der Waals surface area contributed by atoms with E-state index in [1.807, 2.05) is 0 Å².